The molecule has 14 nitrogen and oxygen atoms in total. The van der Waals surface area contributed by atoms with Crippen LogP contribution in [-0.4, -0.2) is 97.2 Å². The van der Waals surface area contributed by atoms with E-state index in [1.54, 1.807) is 48.6 Å². The summed E-state index contributed by atoms with van der Waals surface area (Å²) in [6, 6.07) is 28.6. The normalized spacial score (nSPS) is 12.1. The van der Waals surface area contributed by atoms with Crippen LogP contribution in [0.2, 0.25) is 0 Å². The number of aliphatic hydroxyl groups excluding tert-OH is 4. The van der Waals surface area contributed by atoms with E-state index in [0.29, 0.717) is 33.8 Å². The Kier molecular flexibility index (Phi) is 21.4. The summed E-state index contributed by atoms with van der Waals surface area (Å²) in [6.45, 7) is -1.68. The van der Waals surface area contributed by atoms with Crippen molar-refractivity contribution < 1.29 is 68.0 Å². The first-order valence-corrected chi connectivity index (χ1v) is 18.4. The third-order valence-corrected chi connectivity index (χ3v) is 7.94. The largest absolute Gasteiger partial charge is 0.496 e. The molecule has 2 unspecified atom stereocenters. The molecule has 0 saturated carbocycles. The van der Waals surface area contributed by atoms with E-state index in [9.17, 15) is 39.6 Å². The molecule has 0 radical (unpaired) electrons. The van der Waals surface area contributed by atoms with Gasteiger partial charge in [-0.1, -0.05) is 84.9 Å². The topological polar surface area (TPSA) is 205 Å². The van der Waals surface area contributed by atoms with Gasteiger partial charge in [0, 0.05) is 35.4 Å². The lowest BCUT2D eigenvalue weighted by atomic mass is 10.1. The van der Waals surface area contributed by atoms with E-state index in [0.717, 1.165) is 11.1 Å². The fourth-order valence-electron chi connectivity index (χ4n) is 4.83. The average Bonchev–Trinajstić information content (AvgIpc) is 3.29. The fraction of sp³-hybridized carbons (Fsp3) is 0.217. The SMILES string of the molecule is COc1cc(/C=C/C(=O)OCC(CO)OC(=O)/C=C/c2ccccc2)ccc1CO.COc1cc(/C=C/C(=O)OCC(O)COC(=O)/C=C/c2ccccc2)ccc1CO. The van der Waals surface area contributed by atoms with Gasteiger partial charge in [-0.05, 0) is 58.7 Å². The Labute approximate surface area is 347 Å². The summed E-state index contributed by atoms with van der Waals surface area (Å²) >= 11 is 0. The van der Waals surface area contributed by atoms with Gasteiger partial charge in [0.15, 0.2) is 6.10 Å². The van der Waals surface area contributed by atoms with Gasteiger partial charge < -0.3 is 48.8 Å². The smallest absolute Gasteiger partial charge is 0.331 e. The minimum atomic E-state index is -1.14. The van der Waals surface area contributed by atoms with Gasteiger partial charge in [0.1, 0.15) is 37.4 Å². The zero-order valence-corrected chi connectivity index (χ0v) is 33.1. The van der Waals surface area contributed by atoms with E-state index in [2.05, 4.69) is 0 Å². The Morgan fingerprint density at radius 1 is 0.517 bits per heavy atom. The van der Waals surface area contributed by atoms with E-state index in [-0.39, 0.29) is 33.0 Å². The summed E-state index contributed by atoms with van der Waals surface area (Å²) in [5, 5.41) is 37.6. The molecule has 4 aromatic carbocycles. The Bertz CT molecular complexity index is 2070. The van der Waals surface area contributed by atoms with Gasteiger partial charge in [-0.25, -0.2) is 19.2 Å². The van der Waals surface area contributed by atoms with Crippen molar-refractivity contribution in [1.82, 2.24) is 0 Å². The lowest BCUT2D eigenvalue weighted by Gasteiger charge is -2.13. The molecular formula is C46H48O14. The zero-order valence-electron chi connectivity index (χ0n) is 33.1. The molecule has 0 aromatic heterocycles. The molecular weight excluding hydrogens is 776 g/mol. The molecule has 0 aliphatic rings. The maximum atomic E-state index is 11.9. The predicted octanol–water partition coefficient (Wildman–Crippen LogP) is 4.72. The number of esters is 4. The van der Waals surface area contributed by atoms with Crippen LogP contribution in [0.5, 0.6) is 11.5 Å². The van der Waals surface area contributed by atoms with Crippen LogP contribution in [0.1, 0.15) is 33.4 Å². The maximum absolute atomic E-state index is 11.9. The Morgan fingerprint density at radius 2 is 0.900 bits per heavy atom. The highest BCUT2D eigenvalue weighted by atomic mass is 16.6. The van der Waals surface area contributed by atoms with Crippen molar-refractivity contribution in [3.05, 3.63) is 155 Å². The summed E-state index contributed by atoms with van der Waals surface area (Å²) in [5.41, 5.74) is 4.30. The first-order valence-electron chi connectivity index (χ1n) is 18.4. The van der Waals surface area contributed by atoms with Crippen LogP contribution in [0, 0.1) is 0 Å². The number of carbonyl (C=O) groups excluding carboxylic acids is 4. The summed E-state index contributed by atoms with van der Waals surface area (Å²) in [7, 11) is 2.98. The first kappa shape index (κ1) is 47.5. The molecule has 316 valence electrons. The molecule has 4 rings (SSSR count). The zero-order chi connectivity index (χ0) is 43.5. The van der Waals surface area contributed by atoms with Crippen LogP contribution in [0.15, 0.2) is 121 Å². The van der Waals surface area contributed by atoms with E-state index in [4.69, 9.17) is 28.4 Å². The Balaban J connectivity index is 0.000000320. The van der Waals surface area contributed by atoms with Crippen molar-refractivity contribution >= 4 is 48.2 Å². The summed E-state index contributed by atoms with van der Waals surface area (Å²) in [4.78, 5) is 47.2. The summed E-state index contributed by atoms with van der Waals surface area (Å²) < 4.78 is 30.3. The lowest BCUT2D eigenvalue weighted by molar-refractivity contribution is -0.154. The number of rotatable bonds is 20. The highest BCUT2D eigenvalue weighted by Gasteiger charge is 2.14. The average molecular weight is 825 g/mol. The van der Waals surface area contributed by atoms with Gasteiger partial charge in [0.25, 0.3) is 0 Å². The molecule has 0 heterocycles. The molecule has 2 atom stereocenters. The molecule has 0 aliphatic carbocycles. The molecule has 4 aromatic rings. The van der Waals surface area contributed by atoms with E-state index < -0.39 is 42.7 Å². The lowest BCUT2D eigenvalue weighted by Crippen LogP contribution is -2.27. The maximum Gasteiger partial charge on any atom is 0.331 e. The van der Waals surface area contributed by atoms with Crippen molar-refractivity contribution in [3.63, 3.8) is 0 Å². The van der Waals surface area contributed by atoms with Crippen LogP contribution >= 0.6 is 0 Å². The minimum Gasteiger partial charge on any atom is -0.496 e. The molecule has 0 amide bonds. The van der Waals surface area contributed by atoms with Crippen molar-refractivity contribution in [3.8, 4) is 11.5 Å². The van der Waals surface area contributed by atoms with Gasteiger partial charge in [0.2, 0.25) is 0 Å². The molecule has 14 heteroatoms. The number of methoxy groups -OCH3 is 2. The standard InChI is InChI=1S/2C23H24O7/c1-28-21-13-18(7-10-19(21)14-24)9-11-22(26)29-16-20(15-25)30-23(27)12-8-17-5-3-2-4-6-17;1-28-21-13-18(7-10-19(21)14-24)9-12-23(27)30-16-20(25)15-29-22(26)11-8-17-5-3-2-4-6-17/h2*2-13,20,24-25H,14-16H2,1H3/b11-9+,12-8+;11-8+,12-9+. The van der Waals surface area contributed by atoms with Gasteiger partial charge in [0.05, 0.1) is 34.0 Å². The van der Waals surface area contributed by atoms with Crippen molar-refractivity contribution in [2.24, 2.45) is 0 Å². The second-order valence-electron chi connectivity index (χ2n) is 12.4. The van der Waals surface area contributed by atoms with Gasteiger partial charge in [-0.2, -0.15) is 0 Å². The second kappa shape index (κ2) is 27.0. The third kappa shape index (κ3) is 18.2. The minimum absolute atomic E-state index is 0.153. The number of hydrogen-bond donors (Lipinski definition) is 4. The van der Waals surface area contributed by atoms with Crippen LogP contribution < -0.4 is 9.47 Å². The highest BCUT2D eigenvalue weighted by Crippen LogP contribution is 2.22. The Morgan fingerprint density at radius 3 is 1.28 bits per heavy atom. The van der Waals surface area contributed by atoms with E-state index >= 15 is 0 Å². The fourth-order valence-corrected chi connectivity index (χ4v) is 4.83. The predicted molar refractivity (Wildman–Crippen MR) is 223 cm³/mol. The number of carbonyl (C=O) groups is 4. The van der Waals surface area contributed by atoms with Crippen LogP contribution in [-0.2, 0) is 51.3 Å². The van der Waals surface area contributed by atoms with Gasteiger partial charge in [-0.15, -0.1) is 0 Å². The Hall–Kier alpha value is -6.84. The number of hydrogen-bond acceptors (Lipinski definition) is 14. The molecule has 0 aliphatic heterocycles. The summed E-state index contributed by atoms with van der Waals surface area (Å²) in [6.07, 6.45) is 9.02. The molecule has 0 bridgehead atoms. The first-order chi connectivity index (χ1) is 29.1. The summed E-state index contributed by atoms with van der Waals surface area (Å²) in [5.74, 6) is -1.57. The van der Waals surface area contributed by atoms with Gasteiger partial charge in [-0.3, -0.25) is 0 Å². The quantitative estimate of drug-likeness (QED) is 0.0541. The van der Waals surface area contributed by atoms with Crippen molar-refractivity contribution in [1.29, 1.82) is 0 Å². The molecule has 4 N–H and O–H groups in total. The van der Waals surface area contributed by atoms with E-state index in [1.807, 2.05) is 60.7 Å². The monoisotopic (exact) mass is 824 g/mol. The molecule has 0 fully saturated rings. The number of ether oxygens (including phenoxy) is 6. The number of aliphatic hydroxyl groups is 4. The molecule has 0 spiro atoms. The second-order valence-corrected chi connectivity index (χ2v) is 12.4. The van der Waals surface area contributed by atoms with Crippen LogP contribution in [0.3, 0.4) is 0 Å². The van der Waals surface area contributed by atoms with Gasteiger partial charge >= 0.3 is 23.9 Å². The third-order valence-electron chi connectivity index (χ3n) is 7.94. The number of benzene rings is 4. The van der Waals surface area contributed by atoms with Crippen LogP contribution in [0.4, 0.5) is 0 Å². The van der Waals surface area contributed by atoms with Crippen LogP contribution in [0.25, 0.3) is 24.3 Å². The molecule has 0 saturated heterocycles. The van der Waals surface area contributed by atoms with Crippen molar-refractivity contribution in [2.45, 2.75) is 25.4 Å². The highest BCUT2D eigenvalue weighted by molar-refractivity contribution is 5.89. The van der Waals surface area contributed by atoms with Crippen molar-refractivity contribution in [2.75, 3.05) is 40.6 Å². The van der Waals surface area contributed by atoms with E-state index in [1.165, 1.54) is 50.7 Å². The molecule has 60 heavy (non-hydrogen) atoms.